The summed E-state index contributed by atoms with van der Waals surface area (Å²) >= 11 is 0. The number of rotatable bonds is 4. The maximum Gasteiger partial charge on any atom is 0.236 e. The van der Waals surface area contributed by atoms with Crippen molar-refractivity contribution < 1.29 is 4.79 Å². The Hall–Kier alpha value is -1.35. The number of piperidine rings is 1. The minimum Gasteiger partial charge on any atom is -0.342 e. The van der Waals surface area contributed by atoms with E-state index < -0.39 is 0 Å². The third kappa shape index (κ3) is 4.07. The Morgan fingerprint density at radius 2 is 1.67 bits per heavy atom. The van der Waals surface area contributed by atoms with Gasteiger partial charge in [-0.25, -0.2) is 0 Å². The number of nitrogens with zero attached hydrogens (tertiary/aromatic N) is 2. The lowest BCUT2D eigenvalue weighted by atomic mass is 9.90. The molecule has 21 heavy (non-hydrogen) atoms. The summed E-state index contributed by atoms with van der Waals surface area (Å²) in [5.74, 6) is 1.08. The third-order valence-electron chi connectivity index (χ3n) is 4.89. The van der Waals surface area contributed by atoms with Gasteiger partial charge in [-0.1, -0.05) is 30.3 Å². The van der Waals surface area contributed by atoms with Crippen LogP contribution >= 0.6 is 0 Å². The molecule has 0 aromatic heterocycles. The Kier molecular flexibility index (Phi) is 4.91. The molecule has 3 rings (SSSR count). The van der Waals surface area contributed by atoms with Crippen molar-refractivity contribution in [3.8, 4) is 0 Å². The highest BCUT2D eigenvalue weighted by molar-refractivity contribution is 5.78. The highest BCUT2D eigenvalue weighted by Gasteiger charge is 2.24. The number of hydrogen-bond donors (Lipinski definition) is 0. The molecule has 0 unspecified atom stereocenters. The van der Waals surface area contributed by atoms with E-state index in [1.165, 1.54) is 18.4 Å². The molecule has 2 fully saturated rings. The number of amides is 1. The zero-order valence-electron chi connectivity index (χ0n) is 12.8. The van der Waals surface area contributed by atoms with E-state index >= 15 is 0 Å². The second-order valence-electron chi connectivity index (χ2n) is 6.50. The Morgan fingerprint density at radius 1 is 1.00 bits per heavy atom. The van der Waals surface area contributed by atoms with Crippen LogP contribution in [0.25, 0.3) is 0 Å². The fourth-order valence-corrected chi connectivity index (χ4v) is 3.57. The summed E-state index contributed by atoms with van der Waals surface area (Å²) in [5, 5.41) is 0. The summed E-state index contributed by atoms with van der Waals surface area (Å²) in [6.45, 7) is 4.75. The van der Waals surface area contributed by atoms with Gasteiger partial charge in [-0.3, -0.25) is 9.69 Å². The molecular formula is C18H26N2O. The Morgan fingerprint density at radius 3 is 2.33 bits per heavy atom. The fraction of sp³-hybridized carbons (Fsp3) is 0.611. The largest absolute Gasteiger partial charge is 0.342 e. The Labute approximate surface area is 127 Å². The SMILES string of the molecule is O=C(CN1CCCC1)N1CCC(Cc2ccccc2)CC1. The minimum absolute atomic E-state index is 0.343. The van der Waals surface area contributed by atoms with Crippen LogP contribution in [0.15, 0.2) is 30.3 Å². The highest BCUT2D eigenvalue weighted by atomic mass is 16.2. The van der Waals surface area contributed by atoms with Crippen molar-refractivity contribution in [3.63, 3.8) is 0 Å². The van der Waals surface area contributed by atoms with Crippen molar-refractivity contribution in [2.24, 2.45) is 5.92 Å². The molecule has 1 aromatic rings. The van der Waals surface area contributed by atoms with Crippen molar-refractivity contribution in [2.75, 3.05) is 32.7 Å². The van der Waals surface area contributed by atoms with E-state index in [1.54, 1.807) is 0 Å². The molecule has 0 bridgehead atoms. The number of carbonyl (C=O) groups is 1. The van der Waals surface area contributed by atoms with E-state index in [9.17, 15) is 4.79 Å². The van der Waals surface area contributed by atoms with Crippen LogP contribution in [0.2, 0.25) is 0 Å². The van der Waals surface area contributed by atoms with Gasteiger partial charge >= 0.3 is 0 Å². The molecule has 1 aromatic carbocycles. The summed E-state index contributed by atoms with van der Waals surface area (Å²) in [4.78, 5) is 16.7. The van der Waals surface area contributed by atoms with Gasteiger partial charge in [-0.15, -0.1) is 0 Å². The predicted molar refractivity (Wildman–Crippen MR) is 85.1 cm³/mol. The van der Waals surface area contributed by atoms with Crippen molar-refractivity contribution in [1.29, 1.82) is 0 Å². The first-order valence-electron chi connectivity index (χ1n) is 8.35. The summed E-state index contributed by atoms with van der Waals surface area (Å²) in [6, 6.07) is 10.7. The van der Waals surface area contributed by atoms with Crippen molar-refractivity contribution in [2.45, 2.75) is 32.1 Å². The molecule has 1 amide bonds. The molecule has 3 heteroatoms. The molecular weight excluding hydrogens is 260 g/mol. The van der Waals surface area contributed by atoms with Gasteiger partial charge in [0, 0.05) is 13.1 Å². The summed E-state index contributed by atoms with van der Waals surface area (Å²) in [7, 11) is 0. The van der Waals surface area contributed by atoms with Crippen LogP contribution in [-0.2, 0) is 11.2 Å². The quantitative estimate of drug-likeness (QED) is 0.849. The topological polar surface area (TPSA) is 23.6 Å². The molecule has 0 N–H and O–H groups in total. The Balaban J connectivity index is 1.43. The monoisotopic (exact) mass is 286 g/mol. The lowest BCUT2D eigenvalue weighted by molar-refractivity contribution is -0.133. The fourth-order valence-electron chi connectivity index (χ4n) is 3.57. The average molecular weight is 286 g/mol. The second-order valence-corrected chi connectivity index (χ2v) is 6.50. The lowest BCUT2D eigenvalue weighted by Crippen LogP contribution is -2.43. The number of hydrogen-bond acceptors (Lipinski definition) is 2. The number of benzene rings is 1. The van der Waals surface area contributed by atoms with Crippen molar-refractivity contribution in [1.82, 2.24) is 9.80 Å². The molecule has 0 spiro atoms. The van der Waals surface area contributed by atoms with Gasteiger partial charge in [-0.2, -0.15) is 0 Å². The maximum absolute atomic E-state index is 12.3. The first-order valence-corrected chi connectivity index (χ1v) is 8.35. The standard InChI is InChI=1S/C18H26N2O/c21-18(15-19-10-4-5-11-19)20-12-8-17(9-13-20)14-16-6-2-1-3-7-16/h1-3,6-7,17H,4-5,8-15H2. The molecule has 2 aliphatic rings. The first kappa shape index (κ1) is 14.6. The summed E-state index contributed by atoms with van der Waals surface area (Å²) < 4.78 is 0. The minimum atomic E-state index is 0.343. The third-order valence-corrected chi connectivity index (χ3v) is 4.89. The molecule has 2 heterocycles. The normalized spacial score (nSPS) is 20.9. The molecule has 0 radical (unpaired) electrons. The maximum atomic E-state index is 12.3. The van der Waals surface area contributed by atoms with Gasteiger partial charge in [-0.05, 0) is 56.7 Å². The van der Waals surface area contributed by atoms with Crippen LogP contribution < -0.4 is 0 Å². The Bertz CT molecular complexity index is 446. The van der Waals surface area contributed by atoms with Gasteiger partial charge in [0.05, 0.1) is 6.54 Å². The molecule has 0 atom stereocenters. The van der Waals surface area contributed by atoms with Gasteiger partial charge < -0.3 is 4.90 Å². The van der Waals surface area contributed by atoms with Gasteiger partial charge in [0.1, 0.15) is 0 Å². The zero-order chi connectivity index (χ0) is 14.5. The van der Waals surface area contributed by atoms with E-state index in [0.717, 1.165) is 51.4 Å². The lowest BCUT2D eigenvalue weighted by Gasteiger charge is -2.33. The van der Waals surface area contributed by atoms with E-state index in [4.69, 9.17) is 0 Å². The smallest absolute Gasteiger partial charge is 0.236 e. The van der Waals surface area contributed by atoms with Gasteiger partial charge in [0.25, 0.3) is 0 Å². The number of likely N-dealkylation sites (tertiary alicyclic amines) is 2. The molecule has 2 aliphatic heterocycles. The van der Waals surface area contributed by atoms with Crippen LogP contribution in [0.5, 0.6) is 0 Å². The van der Waals surface area contributed by atoms with Crippen molar-refractivity contribution >= 4 is 5.91 Å². The van der Waals surface area contributed by atoms with Crippen LogP contribution in [0.3, 0.4) is 0 Å². The predicted octanol–water partition coefficient (Wildman–Crippen LogP) is 2.56. The highest BCUT2D eigenvalue weighted by Crippen LogP contribution is 2.22. The molecule has 0 aliphatic carbocycles. The van der Waals surface area contributed by atoms with Gasteiger partial charge in [0.15, 0.2) is 0 Å². The van der Waals surface area contributed by atoms with E-state index in [1.807, 2.05) is 0 Å². The first-order chi connectivity index (χ1) is 10.3. The van der Waals surface area contributed by atoms with Crippen molar-refractivity contribution in [3.05, 3.63) is 35.9 Å². The molecule has 3 nitrogen and oxygen atoms in total. The zero-order valence-corrected chi connectivity index (χ0v) is 12.8. The summed E-state index contributed by atoms with van der Waals surface area (Å²) in [6.07, 6.45) is 5.98. The molecule has 2 saturated heterocycles. The van der Waals surface area contributed by atoms with Crippen LogP contribution in [0, 0.1) is 5.92 Å². The van der Waals surface area contributed by atoms with E-state index in [2.05, 4.69) is 40.1 Å². The van der Waals surface area contributed by atoms with Gasteiger partial charge in [0.2, 0.25) is 5.91 Å². The van der Waals surface area contributed by atoms with Crippen LogP contribution in [0.1, 0.15) is 31.2 Å². The second kappa shape index (κ2) is 7.08. The number of carbonyl (C=O) groups excluding carboxylic acids is 1. The summed E-state index contributed by atoms with van der Waals surface area (Å²) in [5.41, 5.74) is 1.43. The average Bonchev–Trinajstić information content (AvgIpc) is 3.02. The van der Waals surface area contributed by atoms with Crippen LogP contribution in [-0.4, -0.2) is 48.4 Å². The molecule has 0 saturated carbocycles. The van der Waals surface area contributed by atoms with Crippen LogP contribution in [0.4, 0.5) is 0 Å². The van der Waals surface area contributed by atoms with E-state index in [0.29, 0.717) is 12.5 Å². The van der Waals surface area contributed by atoms with E-state index in [-0.39, 0.29) is 0 Å². The molecule has 114 valence electrons.